The SMILES string of the molecule is COc1ccc(C#CCOc2ccccc2N)cc1. The lowest BCUT2D eigenvalue weighted by Crippen LogP contribution is -1.97. The molecule has 2 aromatic rings. The van der Waals surface area contributed by atoms with Crippen molar-refractivity contribution >= 4 is 5.69 Å². The Bertz CT molecular complexity index is 594. The number of benzene rings is 2. The van der Waals surface area contributed by atoms with Crippen LogP contribution in [0, 0.1) is 11.8 Å². The third-order valence-corrected chi connectivity index (χ3v) is 2.54. The number of nitrogens with two attached hydrogens (primary N) is 1. The minimum absolute atomic E-state index is 0.306. The standard InChI is InChI=1S/C16H15NO2/c1-18-14-10-8-13(9-11-14)5-4-12-19-16-7-3-2-6-15(16)17/h2-3,6-11H,12,17H2,1H3. The van der Waals surface area contributed by atoms with Gasteiger partial charge < -0.3 is 15.2 Å². The van der Waals surface area contributed by atoms with Gasteiger partial charge >= 0.3 is 0 Å². The van der Waals surface area contributed by atoms with Crippen LogP contribution in [0.15, 0.2) is 48.5 Å². The molecule has 3 nitrogen and oxygen atoms in total. The van der Waals surface area contributed by atoms with Gasteiger partial charge in [0.2, 0.25) is 0 Å². The number of anilines is 1. The normalized spacial score (nSPS) is 9.32. The van der Waals surface area contributed by atoms with Crippen molar-refractivity contribution in [3.05, 3.63) is 54.1 Å². The minimum atomic E-state index is 0.306. The monoisotopic (exact) mass is 253 g/mol. The van der Waals surface area contributed by atoms with E-state index in [1.54, 1.807) is 13.2 Å². The molecule has 0 aromatic heterocycles. The zero-order valence-electron chi connectivity index (χ0n) is 10.7. The molecule has 2 aromatic carbocycles. The Labute approximate surface area is 113 Å². The average Bonchev–Trinajstić information content (AvgIpc) is 2.46. The zero-order chi connectivity index (χ0) is 13.5. The minimum Gasteiger partial charge on any atom is -0.497 e. The third kappa shape index (κ3) is 3.68. The Hall–Kier alpha value is -2.60. The van der Waals surface area contributed by atoms with Gasteiger partial charge in [0.1, 0.15) is 18.1 Å². The molecule has 0 heterocycles. The van der Waals surface area contributed by atoms with Gasteiger partial charge in [0.15, 0.2) is 0 Å². The van der Waals surface area contributed by atoms with Crippen LogP contribution in [0.1, 0.15) is 5.56 Å². The first kappa shape index (κ1) is 12.8. The summed E-state index contributed by atoms with van der Waals surface area (Å²) in [6.45, 7) is 0.306. The van der Waals surface area contributed by atoms with Crippen LogP contribution in [-0.2, 0) is 0 Å². The van der Waals surface area contributed by atoms with Gasteiger partial charge in [0, 0.05) is 5.56 Å². The largest absolute Gasteiger partial charge is 0.497 e. The molecule has 0 bridgehead atoms. The molecule has 0 aliphatic heterocycles. The Morgan fingerprint density at radius 2 is 1.79 bits per heavy atom. The van der Waals surface area contributed by atoms with Gasteiger partial charge in [-0.1, -0.05) is 24.0 Å². The van der Waals surface area contributed by atoms with Crippen LogP contribution in [-0.4, -0.2) is 13.7 Å². The molecule has 0 saturated carbocycles. The second-order valence-electron chi connectivity index (χ2n) is 3.86. The molecule has 0 amide bonds. The van der Waals surface area contributed by atoms with Gasteiger partial charge in [-0.2, -0.15) is 0 Å². The highest BCUT2D eigenvalue weighted by Gasteiger charge is 1.95. The lowest BCUT2D eigenvalue weighted by Gasteiger charge is -2.04. The topological polar surface area (TPSA) is 44.5 Å². The van der Waals surface area contributed by atoms with Crippen molar-refractivity contribution < 1.29 is 9.47 Å². The van der Waals surface area contributed by atoms with Crippen LogP contribution in [0.25, 0.3) is 0 Å². The summed E-state index contributed by atoms with van der Waals surface area (Å²) in [6.07, 6.45) is 0. The van der Waals surface area contributed by atoms with Crippen molar-refractivity contribution in [1.29, 1.82) is 0 Å². The van der Waals surface area contributed by atoms with Crippen molar-refractivity contribution in [3.8, 4) is 23.3 Å². The number of rotatable bonds is 3. The van der Waals surface area contributed by atoms with E-state index in [2.05, 4.69) is 11.8 Å². The van der Waals surface area contributed by atoms with Crippen LogP contribution < -0.4 is 15.2 Å². The van der Waals surface area contributed by atoms with E-state index in [4.69, 9.17) is 15.2 Å². The molecule has 0 spiro atoms. The molecule has 3 heteroatoms. The van der Waals surface area contributed by atoms with Gasteiger partial charge in [-0.05, 0) is 36.4 Å². The summed E-state index contributed by atoms with van der Waals surface area (Å²) in [5, 5.41) is 0. The molecule has 19 heavy (non-hydrogen) atoms. The molecule has 0 fully saturated rings. The van der Waals surface area contributed by atoms with E-state index < -0.39 is 0 Å². The maximum absolute atomic E-state index is 5.76. The van der Waals surface area contributed by atoms with E-state index in [1.807, 2.05) is 42.5 Å². The first-order valence-electron chi connectivity index (χ1n) is 5.90. The Kier molecular flexibility index (Phi) is 4.30. The van der Waals surface area contributed by atoms with Crippen LogP contribution in [0.5, 0.6) is 11.5 Å². The second-order valence-corrected chi connectivity index (χ2v) is 3.86. The molecular formula is C16H15NO2. The van der Waals surface area contributed by atoms with Crippen LogP contribution in [0.2, 0.25) is 0 Å². The van der Waals surface area contributed by atoms with Gasteiger partial charge in [-0.25, -0.2) is 0 Å². The molecule has 96 valence electrons. The Morgan fingerprint density at radius 1 is 1.05 bits per heavy atom. The van der Waals surface area contributed by atoms with E-state index in [1.165, 1.54) is 0 Å². The van der Waals surface area contributed by atoms with E-state index in [-0.39, 0.29) is 0 Å². The van der Waals surface area contributed by atoms with Crippen molar-refractivity contribution in [2.24, 2.45) is 0 Å². The molecule has 0 saturated heterocycles. The summed E-state index contributed by atoms with van der Waals surface area (Å²) >= 11 is 0. The van der Waals surface area contributed by atoms with Crippen LogP contribution in [0.3, 0.4) is 0 Å². The zero-order valence-corrected chi connectivity index (χ0v) is 10.7. The van der Waals surface area contributed by atoms with Crippen molar-refractivity contribution in [2.75, 3.05) is 19.5 Å². The Morgan fingerprint density at radius 3 is 2.47 bits per heavy atom. The number of ether oxygens (including phenoxy) is 2. The molecule has 2 rings (SSSR count). The van der Waals surface area contributed by atoms with Crippen molar-refractivity contribution in [1.82, 2.24) is 0 Å². The lowest BCUT2D eigenvalue weighted by atomic mass is 10.2. The second kappa shape index (κ2) is 6.36. The van der Waals surface area contributed by atoms with Gasteiger partial charge in [-0.15, -0.1) is 0 Å². The molecule has 0 radical (unpaired) electrons. The third-order valence-electron chi connectivity index (χ3n) is 2.54. The number of para-hydroxylation sites is 2. The number of hydrogen-bond acceptors (Lipinski definition) is 3. The van der Waals surface area contributed by atoms with Gasteiger partial charge in [-0.3, -0.25) is 0 Å². The maximum atomic E-state index is 5.76. The summed E-state index contributed by atoms with van der Waals surface area (Å²) in [5.41, 5.74) is 7.30. The summed E-state index contributed by atoms with van der Waals surface area (Å²) < 4.78 is 10.6. The van der Waals surface area contributed by atoms with Crippen LogP contribution >= 0.6 is 0 Å². The predicted molar refractivity (Wildman–Crippen MR) is 76.2 cm³/mol. The highest BCUT2D eigenvalue weighted by Crippen LogP contribution is 2.19. The highest BCUT2D eigenvalue weighted by atomic mass is 16.5. The number of methoxy groups -OCH3 is 1. The summed E-state index contributed by atoms with van der Waals surface area (Å²) in [4.78, 5) is 0. The highest BCUT2D eigenvalue weighted by molar-refractivity contribution is 5.52. The van der Waals surface area contributed by atoms with Gasteiger partial charge in [0.05, 0.1) is 12.8 Å². The smallest absolute Gasteiger partial charge is 0.149 e. The summed E-state index contributed by atoms with van der Waals surface area (Å²) in [6, 6.07) is 14.9. The molecule has 0 unspecified atom stereocenters. The average molecular weight is 253 g/mol. The molecular weight excluding hydrogens is 238 g/mol. The van der Waals surface area contributed by atoms with E-state index >= 15 is 0 Å². The molecule has 0 atom stereocenters. The quantitative estimate of drug-likeness (QED) is 0.675. The number of hydrogen-bond donors (Lipinski definition) is 1. The van der Waals surface area contributed by atoms with E-state index in [0.717, 1.165) is 11.3 Å². The van der Waals surface area contributed by atoms with Crippen LogP contribution in [0.4, 0.5) is 5.69 Å². The van der Waals surface area contributed by atoms with Crippen molar-refractivity contribution in [3.63, 3.8) is 0 Å². The van der Waals surface area contributed by atoms with E-state index in [9.17, 15) is 0 Å². The fourth-order valence-electron chi connectivity index (χ4n) is 1.54. The van der Waals surface area contributed by atoms with E-state index in [0.29, 0.717) is 18.0 Å². The maximum Gasteiger partial charge on any atom is 0.149 e. The van der Waals surface area contributed by atoms with Gasteiger partial charge in [0.25, 0.3) is 0 Å². The molecule has 0 aliphatic carbocycles. The molecule has 0 aliphatic rings. The number of nitrogen functional groups attached to an aromatic ring is 1. The lowest BCUT2D eigenvalue weighted by molar-refractivity contribution is 0.372. The molecule has 2 N–H and O–H groups in total. The first-order chi connectivity index (χ1) is 9.29. The summed E-state index contributed by atoms with van der Waals surface area (Å²) in [5.74, 6) is 7.44. The van der Waals surface area contributed by atoms with Crippen molar-refractivity contribution in [2.45, 2.75) is 0 Å². The fraction of sp³-hybridized carbons (Fsp3) is 0.125. The fourth-order valence-corrected chi connectivity index (χ4v) is 1.54. The predicted octanol–water partition coefficient (Wildman–Crippen LogP) is 2.71. The Balaban J connectivity index is 1.92. The summed E-state index contributed by atoms with van der Waals surface area (Å²) in [7, 11) is 1.64. The first-order valence-corrected chi connectivity index (χ1v) is 5.90.